The van der Waals surface area contributed by atoms with E-state index in [1.54, 1.807) is 0 Å². The SMILES string of the molecule is O=C(NCCc1c[nH]c2ccccc12)C1CCCCO1. The number of hydrogen-bond donors (Lipinski definition) is 2. The smallest absolute Gasteiger partial charge is 0.249 e. The first-order valence-electron chi connectivity index (χ1n) is 7.29. The van der Waals surface area contributed by atoms with E-state index in [1.807, 2.05) is 18.3 Å². The van der Waals surface area contributed by atoms with Gasteiger partial charge in [-0.25, -0.2) is 0 Å². The number of para-hydroxylation sites is 1. The molecule has 0 aliphatic carbocycles. The molecule has 106 valence electrons. The van der Waals surface area contributed by atoms with Crippen molar-refractivity contribution in [2.45, 2.75) is 31.8 Å². The Labute approximate surface area is 118 Å². The number of aromatic amines is 1. The van der Waals surface area contributed by atoms with E-state index < -0.39 is 0 Å². The Morgan fingerprint density at radius 3 is 3.10 bits per heavy atom. The first-order chi connectivity index (χ1) is 9.84. The average molecular weight is 272 g/mol. The fourth-order valence-electron chi connectivity index (χ4n) is 2.72. The van der Waals surface area contributed by atoms with Crippen LogP contribution in [-0.2, 0) is 16.0 Å². The molecule has 2 aromatic rings. The number of carbonyl (C=O) groups excluding carboxylic acids is 1. The Hall–Kier alpha value is -1.81. The standard InChI is InChI=1S/C16H20N2O2/c19-16(15-7-3-4-10-20-15)17-9-8-12-11-18-14-6-2-1-5-13(12)14/h1-2,5-6,11,15,18H,3-4,7-10H2,(H,17,19). The van der Waals surface area contributed by atoms with Gasteiger partial charge in [0.15, 0.2) is 0 Å². The summed E-state index contributed by atoms with van der Waals surface area (Å²) < 4.78 is 5.48. The third-order valence-corrected chi connectivity index (χ3v) is 3.84. The number of nitrogens with one attached hydrogen (secondary N) is 2. The zero-order chi connectivity index (χ0) is 13.8. The highest BCUT2D eigenvalue weighted by molar-refractivity contribution is 5.83. The lowest BCUT2D eigenvalue weighted by molar-refractivity contribution is -0.135. The molecule has 1 aliphatic rings. The monoisotopic (exact) mass is 272 g/mol. The predicted molar refractivity (Wildman–Crippen MR) is 78.6 cm³/mol. The Balaban J connectivity index is 1.53. The van der Waals surface area contributed by atoms with Crippen LogP contribution in [0.2, 0.25) is 0 Å². The summed E-state index contributed by atoms with van der Waals surface area (Å²) in [5.74, 6) is 0.0320. The van der Waals surface area contributed by atoms with Crippen molar-refractivity contribution in [1.29, 1.82) is 0 Å². The number of amides is 1. The third-order valence-electron chi connectivity index (χ3n) is 3.84. The van der Waals surface area contributed by atoms with E-state index in [1.165, 1.54) is 10.9 Å². The summed E-state index contributed by atoms with van der Waals surface area (Å²) in [7, 11) is 0. The lowest BCUT2D eigenvalue weighted by Gasteiger charge is -2.21. The molecule has 2 heterocycles. The van der Waals surface area contributed by atoms with Gasteiger partial charge in [0.25, 0.3) is 0 Å². The van der Waals surface area contributed by atoms with Gasteiger partial charge in [0.2, 0.25) is 5.91 Å². The summed E-state index contributed by atoms with van der Waals surface area (Å²) >= 11 is 0. The molecular weight excluding hydrogens is 252 g/mol. The van der Waals surface area contributed by atoms with Crippen LogP contribution in [0.25, 0.3) is 10.9 Å². The number of rotatable bonds is 4. The van der Waals surface area contributed by atoms with Crippen molar-refractivity contribution in [2.24, 2.45) is 0 Å². The van der Waals surface area contributed by atoms with E-state index >= 15 is 0 Å². The minimum atomic E-state index is -0.244. The average Bonchev–Trinajstić information content (AvgIpc) is 2.92. The van der Waals surface area contributed by atoms with Gasteiger partial charge in [0.1, 0.15) is 6.10 Å². The molecule has 4 heteroatoms. The van der Waals surface area contributed by atoms with Gasteiger partial charge < -0.3 is 15.0 Å². The number of fused-ring (bicyclic) bond motifs is 1. The Morgan fingerprint density at radius 2 is 2.25 bits per heavy atom. The number of aromatic nitrogens is 1. The maximum absolute atomic E-state index is 11.9. The lowest BCUT2D eigenvalue weighted by atomic mass is 10.1. The molecule has 2 N–H and O–H groups in total. The molecule has 0 radical (unpaired) electrons. The predicted octanol–water partition coefficient (Wildman–Crippen LogP) is 2.40. The zero-order valence-electron chi connectivity index (χ0n) is 11.5. The topological polar surface area (TPSA) is 54.1 Å². The van der Waals surface area contributed by atoms with Crippen molar-refractivity contribution in [2.75, 3.05) is 13.2 Å². The zero-order valence-corrected chi connectivity index (χ0v) is 11.5. The maximum atomic E-state index is 11.9. The molecule has 0 saturated carbocycles. The molecule has 1 aromatic heterocycles. The van der Waals surface area contributed by atoms with E-state index in [-0.39, 0.29) is 12.0 Å². The molecular formula is C16H20N2O2. The first-order valence-corrected chi connectivity index (χ1v) is 7.29. The molecule has 0 bridgehead atoms. The molecule has 1 atom stereocenters. The highest BCUT2D eigenvalue weighted by Gasteiger charge is 2.21. The summed E-state index contributed by atoms with van der Waals surface area (Å²) in [5, 5.41) is 4.21. The molecule has 20 heavy (non-hydrogen) atoms. The van der Waals surface area contributed by atoms with Crippen LogP contribution in [0.1, 0.15) is 24.8 Å². The van der Waals surface area contributed by atoms with Gasteiger partial charge in [0.05, 0.1) is 0 Å². The van der Waals surface area contributed by atoms with Gasteiger partial charge in [-0.3, -0.25) is 4.79 Å². The molecule has 0 spiro atoms. The number of hydrogen-bond acceptors (Lipinski definition) is 2. The van der Waals surface area contributed by atoms with Crippen molar-refractivity contribution in [3.05, 3.63) is 36.0 Å². The van der Waals surface area contributed by atoms with Crippen LogP contribution in [0.5, 0.6) is 0 Å². The van der Waals surface area contributed by atoms with Crippen LogP contribution in [0, 0.1) is 0 Å². The molecule has 1 aliphatic heterocycles. The Kier molecular flexibility index (Phi) is 4.02. The highest BCUT2D eigenvalue weighted by atomic mass is 16.5. The summed E-state index contributed by atoms with van der Waals surface area (Å²) in [4.78, 5) is 15.2. The van der Waals surface area contributed by atoms with Gasteiger partial charge in [-0.1, -0.05) is 18.2 Å². The van der Waals surface area contributed by atoms with Gasteiger partial charge in [-0.15, -0.1) is 0 Å². The molecule has 1 unspecified atom stereocenters. The summed E-state index contributed by atoms with van der Waals surface area (Å²) in [5.41, 5.74) is 2.38. The number of ether oxygens (including phenoxy) is 1. The second kappa shape index (κ2) is 6.09. The molecule has 4 nitrogen and oxygen atoms in total. The van der Waals surface area contributed by atoms with Gasteiger partial charge in [-0.05, 0) is 37.3 Å². The Bertz CT molecular complexity index is 585. The normalized spacial score (nSPS) is 19.1. The van der Waals surface area contributed by atoms with E-state index in [0.29, 0.717) is 13.2 Å². The largest absolute Gasteiger partial charge is 0.368 e. The minimum absolute atomic E-state index is 0.0320. The van der Waals surface area contributed by atoms with Crippen molar-refractivity contribution in [1.82, 2.24) is 10.3 Å². The lowest BCUT2D eigenvalue weighted by Crippen LogP contribution is -2.39. The van der Waals surface area contributed by atoms with E-state index in [0.717, 1.165) is 31.2 Å². The molecule has 1 aromatic carbocycles. The molecule has 3 rings (SSSR count). The highest BCUT2D eigenvalue weighted by Crippen LogP contribution is 2.18. The van der Waals surface area contributed by atoms with Crippen molar-refractivity contribution in [3.8, 4) is 0 Å². The van der Waals surface area contributed by atoms with Crippen LogP contribution in [0.15, 0.2) is 30.5 Å². The molecule has 1 amide bonds. The second-order valence-electron chi connectivity index (χ2n) is 5.26. The van der Waals surface area contributed by atoms with Gasteiger partial charge in [0, 0.05) is 30.3 Å². The third kappa shape index (κ3) is 2.85. The van der Waals surface area contributed by atoms with Crippen molar-refractivity contribution in [3.63, 3.8) is 0 Å². The summed E-state index contributed by atoms with van der Waals surface area (Å²) in [6.45, 7) is 1.36. The molecule has 1 saturated heterocycles. The molecule has 1 fully saturated rings. The Morgan fingerprint density at radius 1 is 1.35 bits per heavy atom. The van der Waals surface area contributed by atoms with Crippen molar-refractivity contribution >= 4 is 16.8 Å². The van der Waals surface area contributed by atoms with Crippen LogP contribution in [-0.4, -0.2) is 30.1 Å². The second-order valence-corrected chi connectivity index (χ2v) is 5.26. The van der Waals surface area contributed by atoms with Gasteiger partial charge in [-0.2, -0.15) is 0 Å². The van der Waals surface area contributed by atoms with Crippen LogP contribution in [0.4, 0.5) is 0 Å². The summed E-state index contributed by atoms with van der Waals surface area (Å²) in [6, 6.07) is 8.22. The van der Waals surface area contributed by atoms with Crippen molar-refractivity contribution < 1.29 is 9.53 Å². The van der Waals surface area contributed by atoms with E-state index in [4.69, 9.17) is 4.74 Å². The van der Waals surface area contributed by atoms with E-state index in [9.17, 15) is 4.79 Å². The summed E-state index contributed by atoms with van der Waals surface area (Å²) in [6.07, 6.45) is 5.61. The van der Waals surface area contributed by atoms with Crippen LogP contribution in [0.3, 0.4) is 0 Å². The fourth-order valence-corrected chi connectivity index (χ4v) is 2.72. The van der Waals surface area contributed by atoms with E-state index in [2.05, 4.69) is 22.4 Å². The first kappa shape index (κ1) is 13.2. The maximum Gasteiger partial charge on any atom is 0.249 e. The number of benzene rings is 1. The van der Waals surface area contributed by atoms with Crippen LogP contribution < -0.4 is 5.32 Å². The number of H-pyrrole nitrogens is 1. The van der Waals surface area contributed by atoms with Gasteiger partial charge >= 0.3 is 0 Å². The quantitative estimate of drug-likeness (QED) is 0.898. The minimum Gasteiger partial charge on any atom is -0.368 e. The number of carbonyl (C=O) groups is 1. The fraction of sp³-hybridized carbons (Fsp3) is 0.438. The van der Waals surface area contributed by atoms with Crippen LogP contribution >= 0.6 is 0 Å².